The first-order chi connectivity index (χ1) is 9.37. The van der Waals surface area contributed by atoms with Crippen molar-refractivity contribution in [3.8, 4) is 0 Å². The van der Waals surface area contributed by atoms with E-state index in [2.05, 4.69) is 49.0 Å². The van der Waals surface area contributed by atoms with Crippen molar-refractivity contribution in [2.75, 3.05) is 18.0 Å². The average molecular weight is 277 g/mol. The SMILES string of the molecule is CC1CCN(c2ncccc2CNC(C)(C)C)CC1O. The van der Waals surface area contributed by atoms with Gasteiger partial charge in [0.15, 0.2) is 0 Å². The molecule has 2 rings (SSSR count). The molecule has 0 radical (unpaired) electrons. The fourth-order valence-corrected chi connectivity index (χ4v) is 2.45. The monoisotopic (exact) mass is 277 g/mol. The van der Waals surface area contributed by atoms with Crippen molar-refractivity contribution >= 4 is 5.82 Å². The third-order valence-electron chi connectivity index (χ3n) is 3.89. The van der Waals surface area contributed by atoms with E-state index in [1.807, 2.05) is 12.3 Å². The van der Waals surface area contributed by atoms with Crippen molar-refractivity contribution < 1.29 is 5.11 Å². The van der Waals surface area contributed by atoms with Gasteiger partial charge in [0, 0.05) is 36.9 Å². The van der Waals surface area contributed by atoms with Gasteiger partial charge in [-0.1, -0.05) is 13.0 Å². The van der Waals surface area contributed by atoms with Gasteiger partial charge < -0.3 is 15.3 Å². The highest BCUT2D eigenvalue weighted by molar-refractivity contribution is 5.47. The van der Waals surface area contributed by atoms with Gasteiger partial charge in [-0.3, -0.25) is 0 Å². The van der Waals surface area contributed by atoms with Crippen LogP contribution in [-0.4, -0.2) is 34.8 Å². The Bertz CT molecular complexity index is 442. The summed E-state index contributed by atoms with van der Waals surface area (Å²) in [5, 5.41) is 13.6. The zero-order chi connectivity index (χ0) is 14.8. The maximum absolute atomic E-state index is 10.1. The van der Waals surface area contributed by atoms with Crippen LogP contribution < -0.4 is 10.2 Å². The number of nitrogens with one attached hydrogen (secondary N) is 1. The smallest absolute Gasteiger partial charge is 0.133 e. The Morgan fingerprint density at radius 3 is 2.85 bits per heavy atom. The Balaban J connectivity index is 2.11. The summed E-state index contributed by atoms with van der Waals surface area (Å²) in [5.41, 5.74) is 1.28. The lowest BCUT2D eigenvalue weighted by Crippen LogP contribution is -2.44. The predicted molar refractivity (Wildman–Crippen MR) is 82.8 cm³/mol. The number of anilines is 1. The standard InChI is InChI=1S/C16H27N3O/c1-12-7-9-19(11-14(12)20)15-13(6-5-8-17-15)10-18-16(2,3)4/h5-6,8,12,14,18,20H,7,9-11H2,1-4H3. The van der Waals surface area contributed by atoms with Crippen LogP contribution in [0.4, 0.5) is 5.82 Å². The molecule has 1 saturated heterocycles. The molecule has 0 spiro atoms. The lowest BCUT2D eigenvalue weighted by molar-refractivity contribution is 0.102. The van der Waals surface area contributed by atoms with E-state index >= 15 is 0 Å². The maximum Gasteiger partial charge on any atom is 0.133 e. The molecule has 1 aromatic heterocycles. The van der Waals surface area contributed by atoms with Crippen LogP contribution in [0.15, 0.2) is 18.3 Å². The summed E-state index contributed by atoms with van der Waals surface area (Å²) in [4.78, 5) is 6.75. The Hall–Kier alpha value is -1.13. The summed E-state index contributed by atoms with van der Waals surface area (Å²) in [6.07, 6.45) is 2.60. The summed E-state index contributed by atoms with van der Waals surface area (Å²) < 4.78 is 0. The minimum absolute atomic E-state index is 0.0863. The van der Waals surface area contributed by atoms with E-state index in [4.69, 9.17) is 0 Å². The fraction of sp³-hybridized carbons (Fsp3) is 0.688. The van der Waals surface area contributed by atoms with Crippen LogP contribution in [0, 0.1) is 5.92 Å². The summed E-state index contributed by atoms with van der Waals surface area (Å²) in [6.45, 7) is 11.1. The molecule has 2 atom stereocenters. The second-order valence-electron chi connectivity index (χ2n) is 6.87. The van der Waals surface area contributed by atoms with Crippen LogP contribution in [0.25, 0.3) is 0 Å². The molecular formula is C16H27N3O. The van der Waals surface area contributed by atoms with Crippen LogP contribution in [0.2, 0.25) is 0 Å². The lowest BCUT2D eigenvalue weighted by Gasteiger charge is -2.36. The number of β-amino-alcohol motifs (C(OH)–C–C–N with tert-alkyl or cyclic N) is 1. The highest BCUT2D eigenvalue weighted by Crippen LogP contribution is 2.24. The third kappa shape index (κ3) is 3.93. The van der Waals surface area contributed by atoms with Gasteiger partial charge in [-0.15, -0.1) is 0 Å². The molecular weight excluding hydrogens is 250 g/mol. The van der Waals surface area contributed by atoms with Gasteiger partial charge in [-0.25, -0.2) is 4.98 Å². The molecule has 2 heterocycles. The van der Waals surface area contributed by atoms with Crippen molar-refractivity contribution in [1.82, 2.24) is 10.3 Å². The quantitative estimate of drug-likeness (QED) is 0.889. The Morgan fingerprint density at radius 1 is 1.45 bits per heavy atom. The molecule has 20 heavy (non-hydrogen) atoms. The molecule has 0 bridgehead atoms. The second-order valence-corrected chi connectivity index (χ2v) is 6.87. The van der Waals surface area contributed by atoms with E-state index in [9.17, 15) is 5.11 Å². The van der Waals surface area contributed by atoms with Crippen LogP contribution in [-0.2, 0) is 6.54 Å². The number of piperidine rings is 1. The first-order valence-corrected chi connectivity index (χ1v) is 7.49. The molecule has 0 aliphatic carbocycles. The van der Waals surface area contributed by atoms with Gasteiger partial charge in [-0.2, -0.15) is 0 Å². The number of aliphatic hydroxyl groups excluding tert-OH is 1. The van der Waals surface area contributed by atoms with Gasteiger partial charge in [-0.05, 0) is 39.2 Å². The van der Waals surface area contributed by atoms with E-state index in [-0.39, 0.29) is 11.6 Å². The zero-order valence-corrected chi connectivity index (χ0v) is 13.1. The van der Waals surface area contributed by atoms with Crippen LogP contribution in [0.3, 0.4) is 0 Å². The third-order valence-corrected chi connectivity index (χ3v) is 3.89. The molecule has 0 saturated carbocycles. The molecule has 1 aromatic rings. The first-order valence-electron chi connectivity index (χ1n) is 7.49. The van der Waals surface area contributed by atoms with E-state index in [1.165, 1.54) is 5.56 Å². The highest BCUT2D eigenvalue weighted by atomic mass is 16.3. The predicted octanol–water partition coefficient (Wildman–Crippen LogP) is 2.18. The number of rotatable bonds is 3. The Kier molecular flexibility index (Phi) is 4.66. The number of hydrogen-bond donors (Lipinski definition) is 2. The first kappa shape index (κ1) is 15.3. The lowest BCUT2D eigenvalue weighted by atomic mass is 9.96. The van der Waals surface area contributed by atoms with Gasteiger partial charge in [0.25, 0.3) is 0 Å². The molecule has 4 heteroatoms. The van der Waals surface area contributed by atoms with Gasteiger partial charge in [0.1, 0.15) is 5.82 Å². The molecule has 0 aromatic carbocycles. The molecule has 1 aliphatic rings. The molecule has 1 fully saturated rings. The molecule has 0 amide bonds. The Morgan fingerprint density at radius 2 is 2.20 bits per heavy atom. The van der Waals surface area contributed by atoms with Crippen LogP contribution in [0.5, 0.6) is 0 Å². The molecule has 2 N–H and O–H groups in total. The second kappa shape index (κ2) is 6.10. The van der Waals surface area contributed by atoms with Gasteiger partial charge in [0.2, 0.25) is 0 Å². The maximum atomic E-state index is 10.1. The van der Waals surface area contributed by atoms with Crippen molar-refractivity contribution in [2.45, 2.75) is 52.3 Å². The van der Waals surface area contributed by atoms with E-state index < -0.39 is 0 Å². The Labute approximate surface area is 122 Å². The number of pyridine rings is 1. The zero-order valence-electron chi connectivity index (χ0n) is 13.1. The van der Waals surface area contributed by atoms with Crippen LogP contribution in [0.1, 0.15) is 39.7 Å². The van der Waals surface area contributed by atoms with Gasteiger partial charge >= 0.3 is 0 Å². The fourth-order valence-electron chi connectivity index (χ4n) is 2.45. The van der Waals surface area contributed by atoms with Crippen molar-refractivity contribution in [3.05, 3.63) is 23.9 Å². The number of nitrogens with zero attached hydrogens (tertiary/aromatic N) is 2. The molecule has 112 valence electrons. The number of aromatic nitrogens is 1. The van der Waals surface area contributed by atoms with Crippen LogP contribution >= 0.6 is 0 Å². The van der Waals surface area contributed by atoms with Crippen molar-refractivity contribution in [2.24, 2.45) is 5.92 Å². The normalized spacial score (nSPS) is 23.9. The summed E-state index contributed by atoms with van der Waals surface area (Å²) in [7, 11) is 0. The topological polar surface area (TPSA) is 48.4 Å². The summed E-state index contributed by atoms with van der Waals surface area (Å²) in [5.74, 6) is 1.39. The molecule has 4 nitrogen and oxygen atoms in total. The molecule has 2 unspecified atom stereocenters. The summed E-state index contributed by atoms with van der Waals surface area (Å²) in [6, 6.07) is 4.09. The molecule has 1 aliphatic heterocycles. The van der Waals surface area contributed by atoms with Crippen molar-refractivity contribution in [1.29, 1.82) is 0 Å². The minimum Gasteiger partial charge on any atom is -0.391 e. The van der Waals surface area contributed by atoms with E-state index in [0.29, 0.717) is 12.5 Å². The summed E-state index contributed by atoms with van der Waals surface area (Å²) >= 11 is 0. The minimum atomic E-state index is -0.255. The van der Waals surface area contributed by atoms with E-state index in [1.54, 1.807) is 0 Å². The van der Waals surface area contributed by atoms with Crippen molar-refractivity contribution in [3.63, 3.8) is 0 Å². The average Bonchev–Trinajstić information content (AvgIpc) is 2.39. The number of aliphatic hydroxyl groups is 1. The highest BCUT2D eigenvalue weighted by Gasteiger charge is 2.26. The number of hydrogen-bond acceptors (Lipinski definition) is 4. The van der Waals surface area contributed by atoms with E-state index in [0.717, 1.165) is 25.3 Å². The largest absolute Gasteiger partial charge is 0.391 e. The van der Waals surface area contributed by atoms with Gasteiger partial charge in [0.05, 0.1) is 6.10 Å².